The molecule has 1 N–H and O–H groups in total. The zero-order valence-corrected chi connectivity index (χ0v) is 19.8. The number of nitrogens with one attached hydrogen (secondary N) is 1. The molecule has 2 aromatic carbocycles. The van der Waals surface area contributed by atoms with Gasteiger partial charge in [-0.1, -0.05) is 25.4 Å². The Bertz CT molecular complexity index is 1200. The second-order valence-corrected chi connectivity index (χ2v) is 11.1. The minimum atomic E-state index is -4.11. The summed E-state index contributed by atoms with van der Waals surface area (Å²) in [5.41, 5.74) is 0.00592. The molecule has 8 nitrogen and oxygen atoms in total. The van der Waals surface area contributed by atoms with Crippen LogP contribution in [0.15, 0.2) is 46.2 Å². The third kappa shape index (κ3) is 5.24. The van der Waals surface area contributed by atoms with Crippen LogP contribution in [0.1, 0.15) is 24.2 Å². The molecule has 0 saturated carbocycles. The first kappa shape index (κ1) is 25.2. The van der Waals surface area contributed by atoms with Crippen molar-refractivity contribution in [1.29, 1.82) is 0 Å². The van der Waals surface area contributed by atoms with Crippen molar-refractivity contribution in [2.45, 2.75) is 23.6 Å². The molecule has 0 aromatic heterocycles. The third-order valence-corrected chi connectivity index (χ3v) is 8.83. The van der Waals surface area contributed by atoms with E-state index < -0.39 is 36.7 Å². The minimum Gasteiger partial charge on any atom is -0.322 e. The molecule has 0 heterocycles. The molecule has 0 fully saturated rings. The van der Waals surface area contributed by atoms with Gasteiger partial charge in [0.1, 0.15) is 15.6 Å². The quantitative estimate of drug-likeness (QED) is 0.611. The van der Waals surface area contributed by atoms with Crippen LogP contribution in [-0.4, -0.2) is 58.5 Å². The average molecular weight is 492 g/mol. The lowest BCUT2D eigenvalue weighted by Crippen LogP contribution is -2.30. The molecule has 2 aromatic rings. The molecule has 0 unspecified atom stereocenters. The molecule has 12 heteroatoms. The first-order valence-corrected chi connectivity index (χ1v) is 12.4. The molecule has 0 aliphatic heterocycles. The lowest BCUT2D eigenvalue weighted by atomic mass is 10.2. The van der Waals surface area contributed by atoms with Gasteiger partial charge in [0, 0.05) is 38.4 Å². The number of amides is 1. The predicted molar refractivity (Wildman–Crippen MR) is 117 cm³/mol. The Kier molecular flexibility index (Phi) is 7.82. The van der Waals surface area contributed by atoms with Crippen molar-refractivity contribution >= 4 is 43.2 Å². The molecule has 0 radical (unpaired) electrons. The number of carbonyl (C=O) groups is 1. The van der Waals surface area contributed by atoms with E-state index in [0.29, 0.717) is 0 Å². The minimum absolute atomic E-state index is 0.00829. The number of sulfonamides is 2. The summed E-state index contributed by atoms with van der Waals surface area (Å²) < 4.78 is 66.2. The summed E-state index contributed by atoms with van der Waals surface area (Å²) in [5.74, 6) is -1.74. The van der Waals surface area contributed by atoms with Gasteiger partial charge in [0.25, 0.3) is 5.91 Å². The van der Waals surface area contributed by atoms with Crippen LogP contribution < -0.4 is 5.32 Å². The van der Waals surface area contributed by atoms with Gasteiger partial charge in [-0.05, 0) is 36.4 Å². The van der Waals surface area contributed by atoms with Crippen molar-refractivity contribution in [2.75, 3.05) is 32.5 Å². The molecular weight excluding hydrogens is 469 g/mol. The molecular formula is C19H23ClFN3O5S2. The molecule has 0 aliphatic carbocycles. The SMILES string of the molecule is CCN(CC)S(=O)(=O)c1cc(NC(=O)c2ccc(F)c(S(=O)(=O)N(C)C)c2)ccc1Cl. The normalized spacial score (nSPS) is 12.4. The Labute approximate surface area is 186 Å². The Morgan fingerprint density at radius 2 is 1.58 bits per heavy atom. The van der Waals surface area contributed by atoms with Crippen molar-refractivity contribution in [3.05, 3.63) is 52.8 Å². The van der Waals surface area contributed by atoms with Crippen LogP contribution in [0.2, 0.25) is 5.02 Å². The highest BCUT2D eigenvalue weighted by Crippen LogP contribution is 2.28. The van der Waals surface area contributed by atoms with Gasteiger partial charge >= 0.3 is 0 Å². The van der Waals surface area contributed by atoms with E-state index in [2.05, 4.69) is 5.32 Å². The van der Waals surface area contributed by atoms with Gasteiger partial charge in [-0.2, -0.15) is 4.31 Å². The lowest BCUT2D eigenvalue weighted by Gasteiger charge is -2.19. The van der Waals surface area contributed by atoms with Crippen molar-refractivity contribution < 1.29 is 26.0 Å². The van der Waals surface area contributed by atoms with Crippen LogP contribution >= 0.6 is 11.6 Å². The first-order valence-electron chi connectivity index (χ1n) is 9.19. The highest BCUT2D eigenvalue weighted by molar-refractivity contribution is 7.89. The Hall–Kier alpha value is -2.05. The molecule has 0 saturated heterocycles. The van der Waals surface area contributed by atoms with Gasteiger partial charge in [-0.25, -0.2) is 25.5 Å². The Balaban J connectivity index is 2.42. The van der Waals surface area contributed by atoms with Gasteiger partial charge in [0.2, 0.25) is 20.0 Å². The third-order valence-electron chi connectivity index (χ3n) is 4.46. The van der Waals surface area contributed by atoms with Crippen molar-refractivity contribution in [1.82, 2.24) is 8.61 Å². The van der Waals surface area contributed by atoms with E-state index in [1.54, 1.807) is 13.8 Å². The van der Waals surface area contributed by atoms with E-state index in [9.17, 15) is 26.0 Å². The molecule has 1 amide bonds. The number of halogens is 2. The van der Waals surface area contributed by atoms with Gasteiger partial charge in [0.15, 0.2) is 0 Å². The van der Waals surface area contributed by atoms with Crippen LogP contribution in [0, 0.1) is 5.82 Å². The molecule has 0 aliphatic rings. The van der Waals surface area contributed by atoms with Crippen molar-refractivity contribution in [3.8, 4) is 0 Å². The predicted octanol–water partition coefficient (Wildman–Crippen LogP) is 3.01. The number of benzene rings is 2. The summed E-state index contributed by atoms with van der Waals surface area (Å²) in [6.45, 7) is 3.86. The maximum atomic E-state index is 14.1. The summed E-state index contributed by atoms with van der Waals surface area (Å²) in [7, 11) is -5.50. The summed E-state index contributed by atoms with van der Waals surface area (Å²) in [6, 6.07) is 6.88. The van der Waals surface area contributed by atoms with Crippen molar-refractivity contribution in [2.24, 2.45) is 0 Å². The fourth-order valence-electron chi connectivity index (χ4n) is 2.72. The van der Waals surface area contributed by atoms with Crippen LogP contribution in [-0.2, 0) is 20.0 Å². The second kappa shape index (κ2) is 9.61. The molecule has 0 bridgehead atoms. The highest BCUT2D eigenvalue weighted by atomic mass is 35.5. The first-order chi connectivity index (χ1) is 14.4. The Morgan fingerprint density at radius 3 is 2.13 bits per heavy atom. The van der Waals surface area contributed by atoms with Crippen molar-refractivity contribution in [3.63, 3.8) is 0 Å². The Morgan fingerprint density at radius 1 is 0.968 bits per heavy atom. The summed E-state index contributed by atoms with van der Waals surface area (Å²) in [6.07, 6.45) is 0. The number of hydrogen-bond donors (Lipinski definition) is 1. The number of hydrogen-bond acceptors (Lipinski definition) is 5. The van der Waals surface area contributed by atoms with Crippen LogP contribution in [0.3, 0.4) is 0 Å². The fourth-order valence-corrected chi connectivity index (χ4v) is 5.67. The zero-order valence-electron chi connectivity index (χ0n) is 17.4. The van der Waals surface area contributed by atoms with Crippen LogP contribution in [0.5, 0.6) is 0 Å². The fraction of sp³-hybridized carbons (Fsp3) is 0.316. The maximum absolute atomic E-state index is 14.1. The second-order valence-electron chi connectivity index (χ2n) is 6.62. The number of nitrogens with zero attached hydrogens (tertiary/aromatic N) is 2. The smallest absolute Gasteiger partial charge is 0.255 e. The number of anilines is 1. The number of rotatable bonds is 8. The zero-order chi connectivity index (χ0) is 23.6. The topological polar surface area (TPSA) is 104 Å². The van der Waals surface area contributed by atoms with E-state index in [-0.39, 0.29) is 34.3 Å². The van der Waals surface area contributed by atoms with E-state index in [4.69, 9.17) is 11.6 Å². The van der Waals surface area contributed by atoms with Gasteiger partial charge in [0.05, 0.1) is 5.02 Å². The lowest BCUT2D eigenvalue weighted by molar-refractivity contribution is 0.102. The summed E-state index contributed by atoms with van der Waals surface area (Å²) in [4.78, 5) is 11.8. The monoisotopic (exact) mass is 491 g/mol. The largest absolute Gasteiger partial charge is 0.322 e. The van der Waals surface area contributed by atoms with E-state index in [1.807, 2.05) is 0 Å². The molecule has 2 rings (SSSR count). The van der Waals surface area contributed by atoms with Gasteiger partial charge < -0.3 is 5.32 Å². The maximum Gasteiger partial charge on any atom is 0.255 e. The van der Waals surface area contributed by atoms with E-state index in [0.717, 1.165) is 22.5 Å². The van der Waals surface area contributed by atoms with E-state index >= 15 is 0 Å². The highest BCUT2D eigenvalue weighted by Gasteiger charge is 2.26. The number of carbonyl (C=O) groups excluding carboxylic acids is 1. The standard InChI is InChI=1S/C19H23ClFN3O5S2/c1-5-24(6-2)31(28,29)17-12-14(8-9-15(17)20)22-19(25)13-7-10-16(21)18(11-13)30(26,27)23(3)4/h7-12H,5-6H2,1-4H3,(H,22,25). The van der Waals surface area contributed by atoms with E-state index in [1.165, 1.54) is 36.6 Å². The summed E-state index contributed by atoms with van der Waals surface area (Å²) in [5, 5.41) is 2.48. The van der Waals surface area contributed by atoms with Crippen LogP contribution in [0.4, 0.5) is 10.1 Å². The average Bonchev–Trinajstić information content (AvgIpc) is 2.70. The van der Waals surface area contributed by atoms with Gasteiger partial charge in [-0.3, -0.25) is 4.79 Å². The van der Waals surface area contributed by atoms with Crippen LogP contribution in [0.25, 0.3) is 0 Å². The molecule has 0 atom stereocenters. The summed E-state index contributed by atoms with van der Waals surface area (Å²) >= 11 is 6.08. The molecule has 170 valence electrons. The molecule has 31 heavy (non-hydrogen) atoms. The van der Waals surface area contributed by atoms with Gasteiger partial charge in [-0.15, -0.1) is 0 Å². The molecule has 0 spiro atoms.